The second-order valence-electron chi connectivity index (χ2n) is 5.12. The Hall–Kier alpha value is -1.58. The van der Waals surface area contributed by atoms with E-state index in [1.54, 1.807) is 0 Å². The number of pyridine rings is 1. The molecule has 0 radical (unpaired) electrons. The minimum absolute atomic E-state index is 0.102. The highest BCUT2D eigenvalue weighted by atomic mass is 15.2. The van der Waals surface area contributed by atoms with Gasteiger partial charge < -0.3 is 10.6 Å². The number of hydrogen-bond donors (Lipinski definition) is 2. The molecule has 0 saturated heterocycles. The minimum atomic E-state index is 0.102. The van der Waals surface area contributed by atoms with Crippen LogP contribution in [-0.4, -0.2) is 24.4 Å². The summed E-state index contributed by atoms with van der Waals surface area (Å²) in [6, 6.07) is 3.74. The second-order valence-corrected chi connectivity index (χ2v) is 5.12. The van der Waals surface area contributed by atoms with Crippen molar-refractivity contribution in [3.05, 3.63) is 23.4 Å². The van der Waals surface area contributed by atoms with E-state index in [9.17, 15) is 0 Å². The van der Waals surface area contributed by atoms with Crippen molar-refractivity contribution >= 4 is 11.7 Å². The Morgan fingerprint density at radius 3 is 2.76 bits per heavy atom. The third-order valence-corrected chi connectivity index (χ3v) is 3.43. The summed E-state index contributed by atoms with van der Waals surface area (Å²) in [6.45, 7) is 5.25. The number of anilines is 1. The van der Waals surface area contributed by atoms with Gasteiger partial charge in [0.05, 0.1) is 0 Å². The van der Waals surface area contributed by atoms with Crippen molar-refractivity contribution in [2.75, 3.05) is 18.5 Å². The zero-order valence-electron chi connectivity index (χ0n) is 10.7. The van der Waals surface area contributed by atoms with Crippen LogP contribution in [0.5, 0.6) is 0 Å². The predicted octanol–water partition coefficient (Wildman–Crippen LogP) is 1.77. The first-order valence-corrected chi connectivity index (χ1v) is 6.01. The minimum Gasteiger partial charge on any atom is -0.384 e. The summed E-state index contributed by atoms with van der Waals surface area (Å²) in [5.41, 5.74) is 7.18. The van der Waals surface area contributed by atoms with E-state index in [0.717, 1.165) is 35.5 Å². The van der Waals surface area contributed by atoms with Gasteiger partial charge in [0.25, 0.3) is 0 Å². The van der Waals surface area contributed by atoms with Crippen LogP contribution < -0.4 is 10.6 Å². The summed E-state index contributed by atoms with van der Waals surface area (Å²) in [5, 5.41) is 7.49. The maximum absolute atomic E-state index is 7.49. The molecule has 1 saturated carbocycles. The van der Waals surface area contributed by atoms with Crippen LogP contribution in [0.25, 0.3) is 0 Å². The Bertz CT molecular complexity index is 441. The van der Waals surface area contributed by atoms with Gasteiger partial charge in [-0.2, -0.15) is 0 Å². The number of nitrogen functional groups attached to an aromatic ring is 1. The van der Waals surface area contributed by atoms with Crippen molar-refractivity contribution in [1.82, 2.24) is 4.98 Å². The largest absolute Gasteiger partial charge is 0.384 e. The van der Waals surface area contributed by atoms with Crippen molar-refractivity contribution in [3.63, 3.8) is 0 Å². The van der Waals surface area contributed by atoms with Crippen molar-refractivity contribution in [2.24, 2.45) is 17.6 Å². The van der Waals surface area contributed by atoms with Crippen LogP contribution in [0, 0.1) is 24.2 Å². The van der Waals surface area contributed by atoms with Gasteiger partial charge in [0.2, 0.25) is 0 Å². The molecule has 4 heteroatoms. The van der Waals surface area contributed by atoms with Gasteiger partial charge >= 0.3 is 0 Å². The number of nitrogens with two attached hydrogens (primary N) is 1. The van der Waals surface area contributed by atoms with Crippen LogP contribution in [0.1, 0.15) is 24.6 Å². The Morgan fingerprint density at radius 1 is 1.59 bits per heavy atom. The van der Waals surface area contributed by atoms with E-state index >= 15 is 0 Å². The molecule has 0 aliphatic heterocycles. The van der Waals surface area contributed by atoms with Gasteiger partial charge in [-0.25, -0.2) is 4.98 Å². The topological polar surface area (TPSA) is 66.0 Å². The lowest BCUT2D eigenvalue weighted by Gasteiger charge is -2.19. The summed E-state index contributed by atoms with van der Waals surface area (Å²) >= 11 is 0. The zero-order chi connectivity index (χ0) is 12.6. The highest BCUT2D eigenvalue weighted by Gasteiger charge is 2.33. The first-order valence-electron chi connectivity index (χ1n) is 6.01. The Balaban J connectivity index is 2.16. The fourth-order valence-electron chi connectivity index (χ4n) is 2.10. The molecule has 2 rings (SSSR count). The monoisotopic (exact) mass is 232 g/mol. The molecule has 0 spiro atoms. The highest BCUT2D eigenvalue weighted by molar-refractivity contribution is 5.95. The number of amidine groups is 1. The summed E-state index contributed by atoms with van der Waals surface area (Å²) < 4.78 is 0. The number of aromatic nitrogens is 1. The third-order valence-electron chi connectivity index (χ3n) is 3.43. The molecule has 0 aromatic carbocycles. The Kier molecular flexibility index (Phi) is 3.05. The van der Waals surface area contributed by atoms with Gasteiger partial charge in [-0.05, 0) is 37.3 Å². The molecular formula is C13H20N4. The molecule has 1 heterocycles. The van der Waals surface area contributed by atoms with Gasteiger partial charge in [-0.15, -0.1) is 0 Å². The van der Waals surface area contributed by atoms with E-state index < -0.39 is 0 Å². The number of hydrogen-bond acceptors (Lipinski definition) is 3. The maximum Gasteiger partial charge on any atom is 0.129 e. The van der Waals surface area contributed by atoms with Crippen LogP contribution >= 0.6 is 0 Å². The molecule has 2 atom stereocenters. The molecule has 1 aliphatic rings. The van der Waals surface area contributed by atoms with Gasteiger partial charge in [-0.1, -0.05) is 6.92 Å². The van der Waals surface area contributed by atoms with E-state index in [1.165, 1.54) is 6.42 Å². The first-order chi connectivity index (χ1) is 7.97. The predicted molar refractivity (Wildman–Crippen MR) is 70.5 cm³/mol. The van der Waals surface area contributed by atoms with Crippen LogP contribution in [0.4, 0.5) is 5.82 Å². The van der Waals surface area contributed by atoms with Crippen molar-refractivity contribution in [3.8, 4) is 0 Å². The number of rotatable bonds is 4. The van der Waals surface area contributed by atoms with Crippen molar-refractivity contribution < 1.29 is 0 Å². The van der Waals surface area contributed by atoms with E-state index in [0.29, 0.717) is 0 Å². The SMILES string of the molecule is Cc1cc(C(=N)N)cc(N(C)CC2CC2C)n1. The van der Waals surface area contributed by atoms with Crippen molar-refractivity contribution in [2.45, 2.75) is 20.3 Å². The molecule has 17 heavy (non-hydrogen) atoms. The molecule has 3 N–H and O–H groups in total. The molecule has 1 fully saturated rings. The van der Waals surface area contributed by atoms with Gasteiger partial charge in [0, 0.05) is 24.8 Å². The van der Waals surface area contributed by atoms with Crippen LogP contribution in [0.15, 0.2) is 12.1 Å². The fraction of sp³-hybridized carbons (Fsp3) is 0.538. The molecule has 92 valence electrons. The number of nitrogens with zero attached hydrogens (tertiary/aromatic N) is 2. The van der Waals surface area contributed by atoms with Crippen molar-refractivity contribution in [1.29, 1.82) is 5.41 Å². The Labute approximate surface area is 102 Å². The van der Waals surface area contributed by atoms with Crippen LogP contribution in [0.3, 0.4) is 0 Å². The van der Waals surface area contributed by atoms with Gasteiger partial charge in [0.15, 0.2) is 0 Å². The summed E-state index contributed by atoms with van der Waals surface area (Å²) in [4.78, 5) is 6.66. The molecule has 2 unspecified atom stereocenters. The molecule has 0 amide bonds. The molecule has 0 bridgehead atoms. The van der Waals surface area contributed by atoms with Gasteiger partial charge in [0.1, 0.15) is 11.7 Å². The lowest BCUT2D eigenvalue weighted by atomic mass is 10.2. The lowest BCUT2D eigenvalue weighted by molar-refractivity contribution is 0.718. The third kappa shape index (κ3) is 2.75. The molecular weight excluding hydrogens is 212 g/mol. The van der Waals surface area contributed by atoms with E-state index in [2.05, 4.69) is 23.9 Å². The highest BCUT2D eigenvalue weighted by Crippen LogP contribution is 2.38. The molecule has 1 aromatic heterocycles. The zero-order valence-corrected chi connectivity index (χ0v) is 10.7. The average Bonchev–Trinajstić information content (AvgIpc) is 2.93. The summed E-state index contributed by atoms with van der Waals surface area (Å²) in [6.07, 6.45) is 1.32. The van der Waals surface area contributed by atoms with Crippen LogP contribution in [0.2, 0.25) is 0 Å². The number of aryl methyl sites for hydroxylation is 1. The quantitative estimate of drug-likeness (QED) is 0.614. The molecule has 1 aromatic rings. The summed E-state index contributed by atoms with van der Waals surface area (Å²) in [7, 11) is 2.05. The van der Waals surface area contributed by atoms with Gasteiger partial charge in [-0.3, -0.25) is 5.41 Å². The second kappa shape index (κ2) is 4.35. The van der Waals surface area contributed by atoms with Crippen LogP contribution in [-0.2, 0) is 0 Å². The van der Waals surface area contributed by atoms with E-state index in [-0.39, 0.29) is 5.84 Å². The molecule has 4 nitrogen and oxygen atoms in total. The smallest absolute Gasteiger partial charge is 0.129 e. The normalized spacial score (nSPS) is 22.3. The lowest BCUT2D eigenvalue weighted by Crippen LogP contribution is -2.23. The average molecular weight is 232 g/mol. The number of nitrogens with one attached hydrogen (secondary N) is 1. The fourth-order valence-corrected chi connectivity index (χ4v) is 2.10. The summed E-state index contributed by atoms with van der Waals surface area (Å²) in [5.74, 6) is 2.65. The maximum atomic E-state index is 7.49. The Morgan fingerprint density at radius 2 is 2.24 bits per heavy atom. The van der Waals surface area contributed by atoms with E-state index in [1.807, 2.05) is 19.1 Å². The first kappa shape index (κ1) is 11.9. The molecule has 1 aliphatic carbocycles. The van der Waals surface area contributed by atoms with E-state index in [4.69, 9.17) is 11.1 Å². The standard InChI is InChI=1S/C13H20N4/c1-8-4-11(8)7-17(3)12-6-10(13(14)15)5-9(2)16-12/h5-6,8,11H,4,7H2,1-3H3,(H3,14,15).